The summed E-state index contributed by atoms with van der Waals surface area (Å²) in [5, 5.41) is 13.2. The Morgan fingerprint density at radius 1 is 1.00 bits per heavy atom. The lowest BCUT2D eigenvalue weighted by Crippen LogP contribution is -2.37. The molecule has 7 heteroatoms. The first kappa shape index (κ1) is 17.2. The van der Waals surface area contributed by atoms with Crippen LogP contribution in [0.5, 0.6) is 0 Å². The predicted molar refractivity (Wildman–Crippen MR) is 104 cm³/mol. The van der Waals surface area contributed by atoms with Crippen molar-refractivity contribution < 1.29 is 4.79 Å². The average molecular weight is 376 g/mol. The number of hydrogen-bond donors (Lipinski definition) is 0. The Balaban J connectivity index is 1.53. The van der Waals surface area contributed by atoms with Crippen LogP contribution in [0.4, 0.5) is 0 Å². The number of carbonyl (C=O) groups is 1. The van der Waals surface area contributed by atoms with Crippen LogP contribution >= 0.6 is 0 Å². The molecule has 1 amide bonds. The Kier molecular flexibility index (Phi) is 4.22. The molecule has 3 heterocycles. The van der Waals surface area contributed by atoms with Gasteiger partial charge in [-0.3, -0.25) is 9.48 Å². The van der Waals surface area contributed by atoms with Crippen LogP contribution in [0.2, 0.25) is 0 Å². The molecular formula is C21H24N6O. The molecule has 2 aromatic heterocycles. The molecule has 5 rings (SSSR count). The minimum Gasteiger partial charge on any atom is -0.331 e. The first-order valence-electron chi connectivity index (χ1n) is 10.1. The second kappa shape index (κ2) is 6.89. The highest BCUT2D eigenvalue weighted by atomic mass is 16.2. The zero-order chi connectivity index (χ0) is 19.1. The topological polar surface area (TPSA) is 68.8 Å². The summed E-state index contributed by atoms with van der Waals surface area (Å²) >= 11 is 0. The molecule has 0 radical (unpaired) electrons. The Morgan fingerprint density at radius 2 is 1.82 bits per heavy atom. The van der Waals surface area contributed by atoms with E-state index in [1.165, 1.54) is 12.1 Å². The van der Waals surface area contributed by atoms with Crippen LogP contribution in [0.25, 0.3) is 5.69 Å². The van der Waals surface area contributed by atoms with Gasteiger partial charge in [-0.2, -0.15) is 5.10 Å². The number of amides is 1. The SMILES string of the molecule is Cn1nnc2c1CCN(C(=O)c1nn(-c3ccccc3)c3c1CCCCC3)C2. The normalized spacial score (nSPS) is 16.4. The highest BCUT2D eigenvalue weighted by molar-refractivity contribution is 5.94. The van der Waals surface area contributed by atoms with Crippen LogP contribution in [-0.4, -0.2) is 42.1 Å². The Bertz CT molecular complexity index is 1020. The van der Waals surface area contributed by atoms with Gasteiger partial charge >= 0.3 is 0 Å². The van der Waals surface area contributed by atoms with Gasteiger partial charge in [0.25, 0.3) is 5.91 Å². The first-order chi connectivity index (χ1) is 13.7. The zero-order valence-corrected chi connectivity index (χ0v) is 16.1. The fourth-order valence-electron chi connectivity index (χ4n) is 4.40. The summed E-state index contributed by atoms with van der Waals surface area (Å²) in [5.74, 6) is 0.0177. The van der Waals surface area contributed by atoms with E-state index in [1.807, 2.05) is 39.5 Å². The third-order valence-electron chi connectivity index (χ3n) is 5.90. The van der Waals surface area contributed by atoms with Crippen molar-refractivity contribution in [1.82, 2.24) is 29.7 Å². The van der Waals surface area contributed by atoms with Gasteiger partial charge in [-0.1, -0.05) is 29.8 Å². The zero-order valence-electron chi connectivity index (χ0n) is 16.1. The summed E-state index contributed by atoms with van der Waals surface area (Å²) in [4.78, 5) is 15.3. The molecule has 0 atom stereocenters. The summed E-state index contributed by atoms with van der Waals surface area (Å²) in [7, 11) is 1.91. The molecule has 0 bridgehead atoms. The number of nitrogens with zero attached hydrogens (tertiary/aromatic N) is 6. The smallest absolute Gasteiger partial charge is 0.275 e. The summed E-state index contributed by atoms with van der Waals surface area (Å²) in [6.07, 6.45) is 6.14. The maximum atomic E-state index is 13.4. The second-order valence-corrected chi connectivity index (χ2v) is 7.67. The molecule has 0 spiro atoms. The van der Waals surface area contributed by atoms with Crippen molar-refractivity contribution in [3.8, 4) is 5.69 Å². The molecule has 0 N–H and O–H groups in total. The monoisotopic (exact) mass is 376 g/mol. The van der Waals surface area contributed by atoms with E-state index < -0.39 is 0 Å². The van der Waals surface area contributed by atoms with Gasteiger partial charge < -0.3 is 4.90 Å². The Hall–Kier alpha value is -2.96. The summed E-state index contributed by atoms with van der Waals surface area (Å²) in [5.41, 5.74) is 6.00. The van der Waals surface area contributed by atoms with Crippen LogP contribution in [0.3, 0.4) is 0 Å². The molecule has 28 heavy (non-hydrogen) atoms. The quantitative estimate of drug-likeness (QED) is 0.645. The molecule has 1 aliphatic carbocycles. The van der Waals surface area contributed by atoms with Gasteiger partial charge in [0.15, 0.2) is 5.69 Å². The van der Waals surface area contributed by atoms with Crippen molar-refractivity contribution in [3.05, 3.63) is 58.7 Å². The van der Waals surface area contributed by atoms with Gasteiger partial charge in [0.1, 0.15) is 5.69 Å². The highest BCUT2D eigenvalue weighted by Gasteiger charge is 2.31. The van der Waals surface area contributed by atoms with Gasteiger partial charge in [-0.05, 0) is 37.8 Å². The van der Waals surface area contributed by atoms with Crippen molar-refractivity contribution in [2.45, 2.75) is 45.1 Å². The molecule has 1 aliphatic heterocycles. The molecule has 0 saturated carbocycles. The lowest BCUT2D eigenvalue weighted by atomic mass is 10.1. The van der Waals surface area contributed by atoms with E-state index in [-0.39, 0.29) is 5.91 Å². The summed E-state index contributed by atoms with van der Waals surface area (Å²) in [6, 6.07) is 10.1. The third kappa shape index (κ3) is 2.82. The molecule has 0 fully saturated rings. The number of carbonyl (C=O) groups excluding carboxylic acids is 1. The van der Waals surface area contributed by atoms with Gasteiger partial charge in [-0.25, -0.2) is 4.68 Å². The van der Waals surface area contributed by atoms with E-state index in [9.17, 15) is 4.79 Å². The van der Waals surface area contributed by atoms with Gasteiger partial charge in [0.2, 0.25) is 0 Å². The van der Waals surface area contributed by atoms with E-state index >= 15 is 0 Å². The largest absolute Gasteiger partial charge is 0.331 e. The average Bonchev–Trinajstić information content (AvgIpc) is 3.19. The minimum absolute atomic E-state index is 0.0177. The standard InChI is InChI=1S/C21H24N6O/c1-25-19-12-13-26(14-17(19)22-24-25)21(28)20-16-10-6-3-7-11-18(16)27(23-20)15-8-4-2-5-9-15/h2,4-5,8-9H,3,6-7,10-14H2,1H3. The Morgan fingerprint density at radius 3 is 2.68 bits per heavy atom. The fraction of sp³-hybridized carbons (Fsp3) is 0.429. The van der Waals surface area contributed by atoms with E-state index in [1.54, 1.807) is 0 Å². The van der Waals surface area contributed by atoms with E-state index in [0.717, 1.165) is 54.7 Å². The molecule has 7 nitrogen and oxygen atoms in total. The molecule has 144 valence electrons. The minimum atomic E-state index is 0.0177. The number of fused-ring (bicyclic) bond motifs is 2. The predicted octanol–water partition coefficient (Wildman–Crippen LogP) is 2.47. The maximum Gasteiger partial charge on any atom is 0.275 e. The van der Waals surface area contributed by atoms with Crippen LogP contribution in [0.15, 0.2) is 30.3 Å². The van der Waals surface area contributed by atoms with Crippen LogP contribution in [-0.2, 0) is 32.9 Å². The fourth-order valence-corrected chi connectivity index (χ4v) is 4.40. The van der Waals surface area contributed by atoms with Crippen molar-refractivity contribution in [3.63, 3.8) is 0 Å². The van der Waals surface area contributed by atoms with Crippen LogP contribution in [0.1, 0.15) is 52.4 Å². The second-order valence-electron chi connectivity index (χ2n) is 7.67. The number of para-hydroxylation sites is 1. The van der Waals surface area contributed by atoms with Crippen LogP contribution in [0, 0.1) is 0 Å². The lowest BCUT2D eigenvalue weighted by Gasteiger charge is -2.25. The van der Waals surface area contributed by atoms with E-state index in [0.29, 0.717) is 18.8 Å². The molecule has 0 unspecified atom stereocenters. The molecule has 2 aliphatic rings. The summed E-state index contributed by atoms with van der Waals surface area (Å²) in [6.45, 7) is 1.19. The third-order valence-corrected chi connectivity index (χ3v) is 5.90. The first-order valence-corrected chi connectivity index (χ1v) is 10.1. The molecule has 3 aromatic rings. The number of hydrogen-bond acceptors (Lipinski definition) is 4. The molecule has 0 saturated heterocycles. The number of rotatable bonds is 2. The van der Waals surface area contributed by atoms with Gasteiger partial charge in [0.05, 0.1) is 17.9 Å². The molecule has 1 aromatic carbocycles. The van der Waals surface area contributed by atoms with Crippen molar-refractivity contribution in [2.24, 2.45) is 7.05 Å². The Labute approximate surface area is 164 Å². The summed E-state index contributed by atoms with van der Waals surface area (Å²) < 4.78 is 3.80. The van der Waals surface area contributed by atoms with Crippen molar-refractivity contribution in [2.75, 3.05) is 6.54 Å². The molecular weight excluding hydrogens is 352 g/mol. The number of aromatic nitrogens is 5. The number of benzene rings is 1. The van der Waals surface area contributed by atoms with Crippen LogP contribution < -0.4 is 0 Å². The lowest BCUT2D eigenvalue weighted by molar-refractivity contribution is 0.0723. The van der Waals surface area contributed by atoms with Gasteiger partial charge in [-0.15, -0.1) is 5.10 Å². The maximum absolute atomic E-state index is 13.4. The number of aryl methyl sites for hydroxylation is 1. The van der Waals surface area contributed by atoms with Crippen molar-refractivity contribution >= 4 is 5.91 Å². The van der Waals surface area contributed by atoms with E-state index in [2.05, 4.69) is 22.4 Å². The highest BCUT2D eigenvalue weighted by Crippen LogP contribution is 2.28. The van der Waals surface area contributed by atoms with Crippen molar-refractivity contribution in [1.29, 1.82) is 0 Å². The van der Waals surface area contributed by atoms with Gasteiger partial charge in [0, 0.05) is 31.3 Å². The van der Waals surface area contributed by atoms with E-state index in [4.69, 9.17) is 5.10 Å².